The van der Waals surface area contributed by atoms with Gasteiger partial charge in [0.1, 0.15) is 0 Å². The third kappa shape index (κ3) is 3.77. The maximum atomic E-state index is 11.2. The van der Waals surface area contributed by atoms with Gasteiger partial charge in [-0.15, -0.1) is 0 Å². The van der Waals surface area contributed by atoms with E-state index < -0.39 is 6.10 Å². The number of carbonyl (C=O) groups is 3. The number of carbonyl (C=O) groups excluding carboxylic acids is 3. The minimum absolute atomic E-state index is 0.0270. The van der Waals surface area contributed by atoms with Gasteiger partial charge in [-0.25, -0.2) is 0 Å². The Labute approximate surface area is 97.4 Å². The molecule has 0 bridgehead atoms. The van der Waals surface area contributed by atoms with E-state index in [2.05, 4.69) is 0 Å². The number of rotatable bonds is 4. The third-order valence-electron chi connectivity index (χ3n) is 2.10. The van der Waals surface area contributed by atoms with Crippen LogP contribution in [0.25, 0.3) is 0 Å². The normalized spacial score (nSPS) is 16.6. The van der Waals surface area contributed by atoms with Crippen LogP contribution in [0, 0.1) is 5.41 Å². The fourth-order valence-corrected chi connectivity index (χ4v) is 1.88. The monoisotopic (exact) mass is 243 g/mol. The van der Waals surface area contributed by atoms with Crippen molar-refractivity contribution in [1.82, 2.24) is 0 Å². The van der Waals surface area contributed by atoms with E-state index in [-0.39, 0.29) is 41.8 Å². The molecule has 1 aliphatic rings. The largest absolute Gasteiger partial charge is 0.462 e. The molecule has 0 saturated heterocycles. The molecule has 0 spiro atoms. The van der Waals surface area contributed by atoms with Crippen molar-refractivity contribution >= 4 is 34.3 Å². The number of Topliss-reactive ketones (excluding diaryl/α,β-unsaturated/α-hetero) is 2. The second-order valence-electron chi connectivity index (χ2n) is 3.44. The van der Waals surface area contributed by atoms with E-state index in [9.17, 15) is 14.4 Å². The molecular formula is C10H13NO4S. The summed E-state index contributed by atoms with van der Waals surface area (Å²) in [6.07, 6.45) is -0.408. The molecular weight excluding hydrogens is 230 g/mol. The molecule has 1 aliphatic carbocycles. The summed E-state index contributed by atoms with van der Waals surface area (Å²) in [5.41, 5.74) is 0. The summed E-state index contributed by atoms with van der Waals surface area (Å²) in [6.45, 7) is 1.44. The van der Waals surface area contributed by atoms with Gasteiger partial charge in [0.05, 0.1) is 0 Å². The SMILES string of the molecule is CC(=O)SCCC(=N)OC1C(=O)CCC1=O. The first-order valence-corrected chi connectivity index (χ1v) is 5.92. The average molecular weight is 243 g/mol. The summed E-state index contributed by atoms with van der Waals surface area (Å²) in [4.78, 5) is 33.0. The molecule has 5 nitrogen and oxygen atoms in total. The van der Waals surface area contributed by atoms with Gasteiger partial charge in [0.15, 0.2) is 22.6 Å². The Morgan fingerprint density at radius 2 is 2.00 bits per heavy atom. The Morgan fingerprint density at radius 3 is 2.50 bits per heavy atom. The minimum Gasteiger partial charge on any atom is -0.462 e. The minimum atomic E-state index is -1.07. The zero-order valence-electron chi connectivity index (χ0n) is 8.95. The lowest BCUT2D eigenvalue weighted by atomic mass is 10.3. The smallest absolute Gasteiger partial charge is 0.216 e. The van der Waals surface area contributed by atoms with Crippen LogP contribution >= 0.6 is 11.8 Å². The Hall–Kier alpha value is -1.17. The van der Waals surface area contributed by atoms with Crippen molar-refractivity contribution in [2.45, 2.75) is 32.3 Å². The van der Waals surface area contributed by atoms with Crippen molar-refractivity contribution in [2.75, 3.05) is 5.75 Å². The molecule has 1 rings (SSSR count). The number of ether oxygens (including phenoxy) is 1. The van der Waals surface area contributed by atoms with Crippen molar-refractivity contribution in [1.29, 1.82) is 5.41 Å². The third-order valence-corrected chi connectivity index (χ3v) is 2.91. The Bertz CT molecular complexity index is 324. The fraction of sp³-hybridized carbons (Fsp3) is 0.600. The number of hydrogen-bond donors (Lipinski definition) is 1. The van der Waals surface area contributed by atoms with E-state index in [0.29, 0.717) is 5.75 Å². The van der Waals surface area contributed by atoms with Gasteiger partial charge in [-0.1, -0.05) is 11.8 Å². The predicted molar refractivity (Wildman–Crippen MR) is 59.6 cm³/mol. The lowest BCUT2D eigenvalue weighted by molar-refractivity contribution is -0.131. The highest BCUT2D eigenvalue weighted by Gasteiger charge is 2.35. The lowest BCUT2D eigenvalue weighted by Gasteiger charge is -2.10. The second kappa shape index (κ2) is 5.79. The number of thioether (sulfide) groups is 1. The van der Waals surface area contributed by atoms with Crippen LogP contribution in [0.4, 0.5) is 0 Å². The average Bonchev–Trinajstić information content (AvgIpc) is 2.49. The molecule has 0 aliphatic heterocycles. The summed E-state index contributed by atoms with van der Waals surface area (Å²) >= 11 is 1.09. The quantitative estimate of drug-likeness (QED) is 0.451. The van der Waals surface area contributed by atoms with Gasteiger partial charge in [0, 0.05) is 31.9 Å². The first kappa shape index (κ1) is 12.9. The van der Waals surface area contributed by atoms with E-state index in [1.807, 2.05) is 0 Å². The summed E-state index contributed by atoms with van der Waals surface area (Å²) < 4.78 is 4.98. The van der Waals surface area contributed by atoms with Gasteiger partial charge in [0.2, 0.25) is 6.10 Å². The second-order valence-corrected chi connectivity index (χ2v) is 4.72. The van der Waals surface area contributed by atoms with Gasteiger partial charge < -0.3 is 4.74 Å². The molecule has 0 atom stereocenters. The molecule has 1 N–H and O–H groups in total. The summed E-state index contributed by atoms with van der Waals surface area (Å²) in [5.74, 6) is -0.186. The first-order valence-electron chi connectivity index (χ1n) is 4.93. The molecule has 0 radical (unpaired) electrons. The Morgan fingerprint density at radius 1 is 1.44 bits per heavy atom. The molecule has 0 aromatic heterocycles. The predicted octanol–water partition coefficient (Wildman–Crippen LogP) is 0.951. The van der Waals surface area contributed by atoms with Gasteiger partial charge >= 0.3 is 0 Å². The molecule has 0 aromatic rings. The van der Waals surface area contributed by atoms with Crippen LogP contribution in [0.1, 0.15) is 26.2 Å². The van der Waals surface area contributed by atoms with E-state index in [1.54, 1.807) is 0 Å². The van der Waals surface area contributed by atoms with E-state index >= 15 is 0 Å². The standard InChI is InChI=1S/C10H13NO4S/c1-6(12)16-5-4-9(11)15-10-7(13)2-3-8(10)14/h10-11H,2-5H2,1H3. The fourth-order valence-electron chi connectivity index (χ4n) is 1.31. The lowest BCUT2D eigenvalue weighted by Crippen LogP contribution is -2.28. The number of hydrogen-bond acceptors (Lipinski definition) is 6. The highest BCUT2D eigenvalue weighted by Crippen LogP contribution is 2.15. The van der Waals surface area contributed by atoms with Gasteiger partial charge in [0.25, 0.3) is 0 Å². The highest BCUT2D eigenvalue weighted by molar-refractivity contribution is 8.13. The van der Waals surface area contributed by atoms with Gasteiger partial charge in [-0.05, 0) is 0 Å². The summed E-state index contributed by atoms with van der Waals surface area (Å²) in [6, 6.07) is 0. The Balaban J connectivity index is 2.31. The van der Waals surface area contributed by atoms with Gasteiger partial charge in [-0.2, -0.15) is 0 Å². The summed E-state index contributed by atoms with van der Waals surface area (Å²) in [5, 5.41) is 7.40. The molecule has 88 valence electrons. The summed E-state index contributed by atoms with van der Waals surface area (Å²) in [7, 11) is 0. The van der Waals surface area contributed by atoms with Crippen molar-refractivity contribution in [3.8, 4) is 0 Å². The topological polar surface area (TPSA) is 84.3 Å². The molecule has 0 amide bonds. The maximum Gasteiger partial charge on any atom is 0.216 e. The van der Waals surface area contributed by atoms with Crippen LogP contribution in [0.15, 0.2) is 0 Å². The van der Waals surface area contributed by atoms with E-state index in [0.717, 1.165) is 11.8 Å². The number of ketones is 2. The Kier molecular flexibility index (Phi) is 4.67. The molecule has 0 heterocycles. The van der Waals surface area contributed by atoms with Crippen LogP contribution in [0.3, 0.4) is 0 Å². The molecule has 6 heteroatoms. The van der Waals surface area contributed by atoms with Gasteiger partial charge in [-0.3, -0.25) is 19.8 Å². The van der Waals surface area contributed by atoms with Crippen molar-refractivity contribution in [3.05, 3.63) is 0 Å². The maximum absolute atomic E-state index is 11.2. The first-order chi connectivity index (χ1) is 7.50. The van der Waals surface area contributed by atoms with E-state index in [1.165, 1.54) is 6.92 Å². The molecule has 0 aromatic carbocycles. The van der Waals surface area contributed by atoms with Crippen LogP contribution in [0.5, 0.6) is 0 Å². The van der Waals surface area contributed by atoms with Crippen molar-refractivity contribution in [3.63, 3.8) is 0 Å². The van der Waals surface area contributed by atoms with Crippen molar-refractivity contribution < 1.29 is 19.1 Å². The van der Waals surface area contributed by atoms with E-state index in [4.69, 9.17) is 10.1 Å². The molecule has 16 heavy (non-hydrogen) atoms. The highest BCUT2D eigenvalue weighted by atomic mass is 32.2. The molecule has 0 unspecified atom stereocenters. The molecule has 1 fully saturated rings. The number of nitrogens with one attached hydrogen (secondary N) is 1. The van der Waals surface area contributed by atoms with Crippen LogP contribution < -0.4 is 0 Å². The zero-order valence-corrected chi connectivity index (χ0v) is 9.76. The molecule has 1 saturated carbocycles. The van der Waals surface area contributed by atoms with Crippen LogP contribution in [-0.4, -0.2) is 34.4 Å². The van der Waals surface area contributed by atoms with Crippen molar-refractivity contribution in [2.24, 2.45) is 0 Å². The van der Waals surface area contributed by atoms with Crippen LogP contribution in [-0.2, 0) is 19.1 Å². The van der Waals surface area contributed by atoms with Crippen LogP contribution in [0.2, 0.25) is 0 Å². The zero-order chi connectivity index (χ0) is 12.1.